The fourth-order valence-electron chi connectivity index (χ4n) is 2.46. The Morgan fingerprint density at radius 1 is 1.37 bits per heavy atom. The van der Waals surface area contributed by atoms with Crippen molar-refractivity contribution in [1.82, 2.24) is 9.97 Å². The van der Waals surface area contributed by atoms with Crippen LogP contribution in [0.2, 0.25) is 0 Å². The molecule has 0 radical (unpaired) electrons. The molecule has 0 fully saturated rings. The van der Waals surface area contributed by atoms with Gasteiger partial charge in [0.25, 0.3) is 11.5 Å². The second-order valence-corrected chi connectivity index (χ2v) is 6.88. The third kappa shape index (κ3) is 4.14. The first kappa shape index (κ1) is 18.6. The van der Waals surface area contributed by atoms with Crippen molar-refractivity contribution in [1.29, 1.82) is 0 Å². The Bertz CT molecular complexity index is 1070. The van der Waals surface area contributed by atoms with Crippen molar-refractivity contribution in [2.45, 2.75) is 20.5 Å². The standard InChI is InChI=1S/C18H18N4O4S/c1-10-11(2)27-18-16(10)17(24)21-14(22-18)9-26-19-8-15(23)20-12-6-4-5-7-13(12)25-3/h4-8H,9H2,1-3H3,(H,20,23)(H,21,22,24)/b19-8-. The molecule has 0 unspecified atom stereocenters. The lowest BCUT2D eigenvalue weighted by Crippen LogP contribution is -2.14. The molecule has 1 aromatic carbocycles. The number of hydrogen-bond donors (Lipinski definition) is 2. The number of para-hydroxylation sites is 2. The van der Waals surface area contributed by atoms with Gasteiger partial charge in [0.05, 0.1) is 18.2 Å². The van der Waals surface area contributed by atoms with Crippen LogP contribution in [0.4, 0.5) is 5.69 Å². The molecule has 2 aromatic heterocycles. The molecule has 27 heavy (non-hydrogen) atoms. The zero-order valence-corrected chi connectivity index (χ0v) is 15.8. The van der Waals surface area contributed by atoms with Crippen LogP contribution >= 0.6 is 11.3 Å². The maximum atomic E-state index is 12.2. The number of ether oxygens (including phenoxy) is 1. The molecule has 2 heterocycles. The number of benzene rings is 1. The number of carbonyl (C=O) groups is 1. The summed E-state index contributed by atoms with van der Waals surface area (Å²) in [6.07, 6.45) is 1.00. The van der Waals surface area contributed by atoms with Crippen LogP contribution in [-0.2, 0) is 16.2 Å². The van der Waals surface area contributed by atoms with Gasteiger partial charge < -0.3 is 19.9 Å². The maximum Gasteiger partial charge on any atom is 0.270 e. The molecule has 9 heteroatoms. The first-order valence-corrected chi connectivity index (χ1v) is 8.89. The van der Waals surface area contributed by atoms with Crippen LogP contribution in [0.25, 0.3) is 10.2 Å². The average molecular weight is 386 g/mol. The van der Waals surface area contributed by atoms with Gasteiger partial charge in [-0.3, -0.25) is 9.59 Å². The van der Waals surface area contributed by atoms with Gasteiger partial charge in [-0.15, -0.1) is 11.3 Å². The summed E-state index contributed by atoms with van der Waals surface area (Å²) in [7, 11) is 1.52. The van der Waals surface area contributed by atoms with Crippen LogP contribution in [0.5, 0.6) is 5.75 Å². The second-order valence-electron chi connectivity index (χ2n) is 5.67. The molecule has 2 N–H and O–H groups in total. The summed E-state index contributed by atoms with van der Waals surface area (Å²) < 4.78 is 5.15. The topological polar surface area (TPSA) is 106 Å². The summed E-state index contributed by atoms with van der Waals surface area (Å²) in [5.41, 5.74) is 1.25. The highest BCUT2D eigenvalue weighted by molar-refractivity contribution is 7.18. The summed E-state index contributed by atoms with van der Waals surface area (Å²) >= 11 is 1.45. The number of aromatic amines is 1. The van der Waals surface area contributed by atoms with E-state index >= 15 is 0 Å². The number of rotatable bonds is 6. The molecule has 140 valence electrons. The molecule has 3 rings (SSSR count). The van der Waals surface area contributed by atoms with Gasteiger partial charge >= 0.3 is 0 Å². The molecule has 1 amide bonds. The summed E-state index contributed by atoms with van der Waals surface area (Å²) in [6, 6.07) is 7.01. The van der Waals surface area contributed by atoms with Crippen molar-refractivity contribution in [3.05, 3.63) is 50.9 Å². The number of oxime groups is 1. The van der Waals surface area contributed by atoms with Gasteiger partial charge in [-0.05, 0) is 31.5 Å². The van der Waals surface area contributed by atoms with E-state index in [4.69, 9.17) is 9.57 Å². The van der Waals surface area contributed by atoms with Crippen molar-refractivity contribution < 1.29 is 14.4 Å². The molecule has 0 aliphatic heterocycles. The first-order valence-electron chi connectivity index (χ1n) is 8.08. The van der Waals surface area contributed by atoms with Gasteiger partial charge in [0.2, 0.25) is 0 Å². The fourth-order valence-corrected chi connectivity index (χ4v) is 3.51. The lowest BCUT2D eigenvalue weighted by Gasteiger charge is -2.07. The average Bonchev–Trinajstić information content (AvgIpc) is 2.93. The van der Waals surface area contributed by atoms with E-state index in [0.29, 0.717) is 27.5 Å². The number of fused-ring (bicyclic) bond motifs is 1. The minimum atomic E-state index is -0.471. The zero-order chi connectivity index (χ0) is 19.4. The Morgan fingerprint density at radius 3 is 2.93 bits per heavy atom. The van der Waals surface area contributed by atoms with Gasteiger partial charge in [0.15, 0.2) is 12.4 Å². The molecular formula is C18H18N4O4S. The number of aryl methyl sites for hydroxylation is 2. The van der Waals surface area contributed by atoms with E-state index in [2.05, 4.69) is 20.4 Å². The number of aromatic nitrogens is 2. The Morgan fingerprint density at radius 2 is 2.15 bits per heavy atom. The number of nitrogens with zero attached hydrogens (tertiary/aromatic N) is 2. The molecule has 0 saturated heterocycles. The van der Waals surface area contributed by atoms with Crippen molar-refractivity contribution in [2.24, 2.45) is 5.16 Å². The number of H-pyrrole nitrogens is 1. The van der Waals surface area contributed by atoms with E-state index in [1.807, 2.05) is 13.8 Å². The number of carbonyl (C=O) groups excluding carboxylic acids is 1. The van der Waals surface area contributed by atoms with Crippen molar-refractivity contribution in [3.63, 3.8) is 0 Å². The van der Waals surface area contributed by atoms with E-state index in [9.17, 15) is 9.59 Å². The lowest BCUT2D eigenvalue weighted by atomic mass is 10.2. The summed E-state index contributed by atoms with van der Waals surface area (Å²) in [6.45, 7) is 3.79. The van der Waals surface area contributed by atoms with E-state index in [-0.39, 0.29) is 12.2 Å². The monoisotopic (exact) mass is 386 g/mol. The predicted molar refractivity (Wildman–Crippen MR) is 105 cm³/mol. The fraction of sp³-hybridized carbons (Fsp3) is 0.222. The smallest absolute Gasteiger partial charge is 0.270 e. The van der Waals surface area contributed by atoms with Crippen LogP contribution in [0.3, 0.4) is 0 Å². The van der Waals surface area contributed by atoms with E-state index in [1.54, 1.807) is 24.3 Å². The number of nitrogens with one attached hydrogen (secondary N) is 2. The number of hydrogen-bond acceptors (Lipinski definition) is 7. The number of anilines is 1. The minimum absolute atomic E-state index is 0.0559. The number of amides is 1. The predicted octanol–water partition coefficient (Wildman–Crippen LogP) is 2.75. The largest absolute Gasteiger partial charge is 0.495 e. The molecule has 0 aliphatic carbocycles. The third-order valence-corrected chi connectivity index (χ3v) is 5.00. The number of thiophene rings is 1. The zero-order valence-electron chi connectivity index (χ0n) is 15.0. The number of methoxy groups -OCH3 is 1. The van der Waals surface area contributed by atoms with Crippen molar-refractivity contribution in [3.8, 4) is 5.75 Å². The summed E-state index contributed by atoms with van der Waals surface area (Å²) in [5.74, 6) is 0.411. The third-order valence-electron chi connectivity index (χ3n) is 3.90. The van der Waals surface area contributed by atoms with Crippen LogP contribution in [-0.4, -0.2) is 29.2 Å². The minimum Gasteiger partial charge on any atom is -0.495 e. The van der Waals surface area contributed by atoms with E-state index < -0.39 is 5.91 Å². The van der Waals surface area contributed by atoms with Crippen molar-refractivity contribution in [2.75, 3.05) is 12.4 Å². The highest BCUT2D eigenvalue weighted by atomic mass is 32.1. The lowest BCUT2D eigenvalue weighted by molar-refractivity contribution is -0.110. The summed E-state index contributed by atoms with van der Waals surface area (Å²) in [4.78, 5) is 37.9. The van der Waals surface area contributed by atoms with Crippen LogP contribution in [0.1, 0.15) is 16.3 Å². The molecule has 0 atom stereocenters. The van der Waals surface area contributed by atoms with Gasteiger partial charge in [0.1, 0.15) is 16.8 Å². The first-order chi connectivity index (χ1) is 13.0. The van der Waals surface area contributed by atoms with Gasteiger partial charge in [-0.2, -0.15) is 0 Å². The van der Waals surface area contributed by atoms with Gasteiger partial charge in [-0.1, -0.05) is 17.3 Å². The molecule has 3 aromatic rings. The Labute approximate surface area is 158 Å². The van der Waals surface area contributed by atoms with Crippen LogP contribution < -0.4 is 15.6 Å². The molecular weight excluding hydrogens is 368 g/mol. The van der Waals surface area contributed by atoms with E-state index in [0.717, 1.165) is 16.7 Å². The Hall–Kier alpha value is -3.20. The highest BCUT2D eigenvalue weighted by Crippen LogP contribution is 2.25. The quantitative estimate of drug-likeness (QED) is 0.501. The maximum absolute atomic E-state index is 12.2. The van der Waals surface area contributed by atoms with E-state index in [1.165, 1.54) is 18.4 Å². The molecule has 0 spiro atoms. The van der Waals surface area contributed by atoms with Crippen LogP contribution in [0.15, 0.2) is 34.2 Å². The normalized spacial score (nSPS) is 11.1. The molecule has 0 aliphatic rings. The Balaban J connectivity index is 1.61. The second kappa shape index (κ2) is 8.00. The Kier molecular flexibility index (Phi) is 5.51. The summed E-state index contributed by atoms with van der Waals surface area (Å²) in [5, 5.41) is 6.85. The SMILES string of the molecule is COc1ccccc1NC(=O)/C=N\OCc1nc2sc(C)c(C)c2c(=O)[nH]1. The van der Waals surface area contributed by atoms with Gasteiger partial charge in [0, 0.05) is 4.88 Å². The highest BCUT2D eigenvalue weighted by Gasteiger charge is 2.12. The molecule has 0 bridgehead atoms. The molecule has 0 saturated carbocycles. The van der Waals surface area contributed by atoms with Crippen molar-refractivity contribution >= 4 is 39.4 Å². The van der Waals surface area contributed by atoms with Crippen LogP contribution in [0, 0.1) is 13.8 Å². The van der Waals surface area contributed by atoms with Gasteiger partial charge in [-0.25, -0.2) is 4.98 Å². The molecule has 8 nitrogen and oxygen atoms in total.